The standard InChI is InChI=1S/C23H23N3O3S/c1-14-8-9-17(12-24-14)21-25-15(2)20(30-21)22(27)26-11-10-18(23(28)29)19(13-26)16-6-4-3-5-7-16/h3-9,12,18-19H,10-11,13H2,1-2H3,(H,28,29)/t18-,19+/m1/s1. The number of amides is 1. The van der Waals surface area contributed by atoms with Crippen LogP contribution < -0.4 is 0 Å². The van der Waals surface area contributed by atoms with Gasteiger partial charge in [-0.2, -0.15) is 0 Å². The van der Waals surface area contributed by atoms with E-state index in [9.17, 15) is 14.7 Å². The minimum Gasteiger partial charge on any atom is -0.481 e. The predicted molar refractivity (Wildman–Crippen MR) is 116 cm³/mol. The van der Waals surface area contributed by atoms with Crippen molar-refractivity contribution >= 4 is 23.2 Å². The average Bonchev–Trinajstić information content (AvgIpc) is 3.15. The third-order valence-corrected chi connectivity index (χ3v) is 6.79. The van der Waals surface area contributed by atoms with Crippen molar-refractivity contribution in [1.29, 1.82) is 0 Å². The summed E-state index contributed by atoms with van der Waals surface area (Å²) in [6, 6.07) is 13.5. The van der Waals surface area contributed by atoms with E-state index in [0.29, 0.717) is 30.1 Å². The highest BCUT2D eigenvalue weighted by molar-refractivity contribution is 7.17. The molecular formula is C23H23N3O3S. The molecule has 1 saturated heterocycles. The molecule has 30 heavy (non-hydrogen) atoms. The van der Waals surface area contributed by atoms with Crippen LogP contribution in [-0.4, -0.2) is 44.9 Å². The molecule has 0 saturated carbocycles. The van der Waals surface area contributed by atoms with Crippen molar-refractivity contribution in [2.24, 2.45) is 5.92 Å². The number of benzene rings is 1. The Morgan fingerprint density at radius 1 is 1.13 bits per heavy atom. The van der Waals surface area contributed by atoms with Crippen LogP contribution in [-0.2, 0) is 4.79 Å². The lowest BCUT2D eigenvalue weighted by atomic mass is 9.80. The van der Waals surface area contributed by atoms with Gasteiger partial charge in [-0.3, -0.25) is 14.6 Å². The Balaban J connectivity index is 1.59. The number of hydrogen-bond acceptors (Lipinski definition) is 5. The molecule has 1 aromatic carbocycles. The maximum absolute atomic E-state index is 13.3. The third-order valence-electron chi connectivity index (χ3n) is 5.59. The van der Waals surface area contributed by atoms with Crippen LogP contribution in [0.15, 0.2) is 48.7 Å². The van der Waals surface area contributed by atoms with Gasteiger partial charge in [0.2, 0.25) is 0 Å². The number of thiazole rings is 1. The lowest BCUT2D eigenvalue weighted by molar-refractivity contribution is -0.144. The molecule has 3 heterocycles. The van der Waals surface area contributed by atoms with Gasteiger partial charge in [0.05, 0.1) is 11.6 Å². The van der Waals surface area contributed by atoms with Crippen LogP contribution in [0.4, 0.5) is 0 Å². The number of carboxylic acids is 1. The van der Waals surface area contributed by atoms with Gasteiger partial charge in [0.25, 0.3) is 5.91 Å². The van der Waals surface area contributed by atoms with Crippen molar-refractivity contribution in [2.75, 3.05) is 13.1 Å². The molecule has 1 fully saturated rings. The monoisotopic (exact) mass is 421 g/mol. The van der Waals surface area contributed by atoms with E-state index in [1.54, 1.807) is 11.1 Å². The molecule has 7 heteroatoms. The van der Waals surface area contributed by atoms with Gasteiger partial charge in [-0.15, -0.1) is 11.3 Å². The molecule has 6 nitrogen and oxygen atoms in total. The molecule has 1 N–H and O–H groups in total. The van der Waals surface area contributed by atoms with Crippen LogP contribution in [0, 0.1) is 19.8 Å². The molecule has 0 aliphatic carbocycles. The van der Waals surface area contributed by atoms with Crippen LogP contribution in [0.5, 0.6) is 0 Å². The minimum absolute atomic E-state index is 0.0823. The molecular weight excluding hydrogens is 398 g/mol. The van der Waals surface area contributed by atoms with Gasteiger partial charge in [-0.25, -0.2) is 4.98 Å². The number of hydrogen-bond donors (Lipinski definition) is 1. The second kappa shape index (κ2) is 8.36. The summed E-state index contributed by atoms with van der Waals surface area (Å²) in [5, 5.41) is 10.5. The summed E-state index contributed by atoms with van der Waals surface area (Å²) >= 11 is 1.37. The number of aryl methyl sites for hydroxylation is 2. The summed E-state index contributed by atoms with van der Waals surface area (Å²) in [5.41, 5.74) is 3.46. The predicted octanol–water partition coefficient (Wildman–Crippen LogP) is 4.15. The minimum atomic E-state index is -0.806. The summed E-state index contributed by atoms with van der Waals surface area (Å²) in [6.45, 7) is 4.58. The van der Waals surface area contributed by atoms with E-state index in [0.717, 1.165) is 21.8 Å². The molecule has 1 amide bonds. The van der Waals surface area contributed by atoms with E-state index in [4.69, 9.17) is 0 Å². The normalized spacial score (nSPS) is 18.9. The fourth-order valence-electron chi connectivity index (χ4n) is 3.93. The average molecular weight is 422 g/mol. The van der Waals surface area contributed by atoms with Gasteiger partial charge in [0.15, 0.2) is 0 Å². The van der Waals surface area contributed by atoms with E-state index < -0.39 is 11.9 Å². The Bertz CT molecular complexity index is 1060. The number of carbonyl (C=O) groups excluding carboxylic acids is 1. The maximum Gasteiger partial charge on any atom is 0.307 e. The first-order valence-corrected chi connectivity index (χ1v) is 10.7. The largest absolute Gasteiger partial charge is 0.481 e. The van der Waals surface area contributed by atoms with Gasteiger partial charge in [-0.05, 0) is 38.0 Å². The number of piperidine rings is 1. The molecule has 0 spiro atoms. The molecule has 2 aromatic heterocycles. The van der Waals surface area contributed by atoms with E-state index in [1.807, 2.05) is 56.3 Å². The fraction of sp³-hybridized carbons (Fsp3) is 0.304. The Labute approximate surface area is 179 Å². The zero-order chi connectivity index (χ0) is 21.3. The molecule has 2 atom stereocenters. The Morgan fingerprint density at radius 2 is 1.90 bits per heavy atom. The molecule has 0 radical (unpaired) electrons. The first-order chi connectivity index (χ1) is 14.4. The number of pyridine rings is 1. The number of likely N-dealkylation sites (tertiary alicyclic amines) is 1. The number of rotatable bonds is 4. The van der Waals surface area contributed by atoms with Crippen LogP contribution in [0.3, 0.4) is 0 Å². The highest BCUT2D eigenvalue weighted by Gasteiger charge is 2.37. The molecule has 4 rings (SSSR count). The zero-order valence-corrected chi connectivity index (χ0v) is 17.7. The highest BCUT2D eigenvalue weighted by atomic mass is 32.1. The summed E-state index contributed by atoms with van der Waals surface area (Å²) in [4.78, 5) is 36.4. The fourth-order valence-corrected chi connectivity index (χ4v) is 4.95. The number of aromatic nitrogens is 2. The molecule has 154 valence electrons. The summed E-state index contributed by atoms with van der Waals surface area (Å²) in [6.07, 6.45) is 2.21. The van der Waals surface area contributed by atoms with Crippen LogP contribution in [0.2, 0.25) is 0 Å². The Kier molecular flexibility index (Phi) is 5.63. The number of nitrogens with zero attached hydrogens (tertiary/aromatic N) is 3. The topological polar surface area (TPSA) is 83.4 Å². The Morgan fingerprint density at radius 3 is 2.57 bits per heavy atom. The Hall–Kier alpha value is -3.06. The van der Waals surface area contributed by atoms with E-state index in [-0.39, 0.29) is 11.8 Å². The number of carbonyl (C=O) groups is 2. The van der Waals surface area contributed by atoms with Crippen molar-refractivity contribution in [2.45, 2.75) is 26.2 Å². The summed E-state index contributed by atoms with van der Waals surface area (Å²) in [5.74, 6) is -1.61. The molecule has 0 bridgehead atoms. The van der Waals surface area contributed by atoms with Gasteiger partial charge in [-0.1, -0.05) is 30.3 Å². The quantitative estimate of drug-likeness (QED) is 0.684. The molecule has 1 aliphatic rings. The van der Waals surface area contributed by atoms with Crippen molar-refractivity contribution < 1.29 is 14.7 Å². The van der Waals surface area contributed by atoms with Crippen molar-refractivity contribution in [3.63, 3.8) is 0 Å². The van der Waals surface area contributed by atoms with Gasteiger partial charge in [0.1, 0.15) is 9.88 Å². The lowest BCUT2D eigenvalue weighted by Crippen LogP contribution is -2.44. The van der Waals surface area contributed by atoms with Crippen LogP contribution in [0.25, 0.3) is 10.6 Å². The summed E-state index contributed by atoms with van der Waals surface area (Å²) < 4.78 is 0. The first-order valence-electron chi connectivity index (χ1n) is 9.91. The number of aliphatic carboxylic acids is 1. The lowest BCUT2D eigenvalue weighted by Gasteiger charge is -2.37. The van der Waals surface area contributed by atoms with E-state index >= 15 is 0 Å². The third kappa shape index (κ3) is 3.98. The van der Waals surface area contributed by atoms with E-state index in [1.165, 1.54) is 11.3 Å². The first kappa shape index (κ1) is 20.2. The van der Waals surface area contributed by atoms with Crippen molar-refractivity contribution in [3.05, 3.63) is 70.5 Å². The van der Waals surface area contributed by atoms with Gasteiger partial charge < -0.3 is 10.0 Å². The number of carboxylic acid groups (broad SMARTS) is 1. The second-order valence-corrected chi connectivity index (χ2v) is 8.62. The summed E-state index contributed by atoms with van der Waals surface area (Å²) in [7, 11) is 0. The molecule has 3 aromatic rings. The SMILES string of the molecule is Cc1ccc(-c2nc(C)c(C(=O)N3CC[C@@H](C(=O)O)[C@H](c4ccccc4)C3)s2)cn1. The van der Waals surface area contributed by atoms with Crippen molar-refractivity contribution in [3.8, 4) is 10.6 Å². The van der Waals surface area contributed by atoms with Gasteiger partial charge in [0, 0.05) is 36.5 Å². The van der Waals surface area contributed by atoms with Crippen molar-refractivity contribution in [1.82, 2.24) is 14.9 Å². The van der Waals surface area contributed by atoms with E-state index in [2.05, 4.69) is 9.97 Å². The molecule has 0 unspecified atom stereocenters. The zero-order valence-electron chi connectivity index (χ0n) is 16.9. The van der Waals surface area contributed by atoms with Crippen LogP contribution >= 0.6 is 11.3 Å². The smallest absolute Gasteiger partial charge is 0.307 e. The highest BCUT2D eigenvalue weighted by Crippen LogP contribution is 2.35. The maximum atomic E-state index is 13.3. The van der Waals surface area contributed by atoms with Gasteiger partial charge >= 0.3 is 5.97 Å². The molecule has 1 aliphatic heterocycles. The van der Waals surface area contributed by atoms with Crippen LogP contribution in [0.1, 0.15) is 39.0 Å². The second-order valence-electron chi connectivity index (χ2n) is 7.62.